The van der Waals surface area contributed by atoms with Crippen LogP contribution in [-0.4, -0.2) is 36.2 Å². The lowest BCUT2D eigenvalue weighted by atomic mass is 9.65. The van der Waals surface area contributed by atoms with Gasteiger partial charge in [0, 0.05) is 28.6 Å². The molecule has 0 aromatic heterocycles. The fraction of sp³-hybridized carbons (Fsp3) is 0.727. The Labute approximate surface area is 234 Å². The Morgan fingerprint density at radius 2 is 1.56 bits per heavy atom. The predicted octanol–water partition coefficient (Wildman–Crippen LogP) is 7.17. The van der Waals surface area contributed by atoms with Crippen LogP contribution in [0.3, 0.4) is 0 Å². The summed E-state index contributed by atoms with van der Waals surface area (Å²) in [5, 5.41) is 0. The monoisotopic (exact) mass is 540 g/mol. The molecule has 6 heteroatoms. The first-order valence-electron chi connectivity index (χ1n) is 15.2. The van der Waals surface area contributed by atoms with Crippen LogP contribution in [0.5, 0.6) is 0 Å². The minimum atomic E-state index is -0.359. The van der Waals surface area contributed by atoms with Crippen LogP contribution in [-0.2, 0) is 28.6 Å². The first kappa shape index (κ1) is 29.6. The number of ether oxygens (including phenoxy) is 3. The zero-order chi connectivity index (χ0) is 28.2. The minimum absolute atomic E-state index is 0.00305. The van der Waals surface area contributed by atoms with Crippen molar-refractivity contribution in [3.63, 3.8) is 0 Å². The van der Waals surface area contributed by atoms with Gasteiger partial charge in [-0.1, -0.05) is 45.9 Å². The van der Waals surface area contributed by atoms with Crippen LogP contribution in [0.25, 0.3) is 0 Å². The molecule has 39 heavy (non-hydrogen) atoms. The highest BCUT2D eigenvalue weighted by Crippen LogP contribution is 2.68. The molecule has 0 saturated heterocycles. The Morgan fingerprint density at radius 3 is 2.26 bits per heavy atom. The minimum Gasteiger partial charge on any atom is -0.459 e. The van der Waals surface area contributed by atoms with Crippen LogP contribution in [0, 0.1) is 22.7 Å². The molecule has 0 spiro atoms. The van der Waals surface area contributed by atoms with Gasteiger partial charge in [-0.3, -0.25) is 0 Å². The third kappa shape index (κ3) is 6.52. The maximum Gasteiger partial charge on any atom is 0.333 e. The molecule has 4 rings (SSSR count). The summed E-state index contributed by atoms with van der Waals surface area (Å²) in [4.78, 5) is 37.9. The number of hydrogen-bond acceptors (Lipinski definition) is 6. The molecule has 4 saturated carbocycles. The van der Waals surface area contributed by atoms with Crippen molar-refractivity contribution in [1.29, 1.82) is 0 Å². The second-order valence-corrected chi connectivity index (χ2v) is 13.1. The summed E-state index contributed by atoms with van der Waals surface area (Å²) < 4.78 is 17.5. The Balaban J connectivity index is 1.32. The first-order valence-corrected chi connectivity index (χ1v) is 15.2. The lowest BCUT2D eigenvalue weighted by Crippen LogP contribution is -2.41. The van der Waals surface area contributed by atoms with E-state index < -0.39 is 0 Å². The van der Waals surface area contributed by atoms with Gasteiger partial charge < -0.3 is 14.2 Å². The number of hydrogen-bond donors (Lipinski definition) is 0. The Morgan fingerprint density at radius 1 is 0.872 bits per heavy atom. The Bertz CT molecular complexity index is 986. The Kier molecular flexibility index (Phi) is 9.44. The SMILES string of the molecule is C=C(C)C(=O)OC1CC2CCC1(CCC(=C)C(=O)OC1CCCCC1/C=C/C(=O)OC1CCCCC1)C2(C)C. The van der Waals surface area contributed by atoms with E-state index in [4.69, 9.17) is 14.2 Å². The Hall–Kier alpha value is -2.37. The van der Waals surface area contributed by atoms with Crippen LogP contribution >= 0.6 is 0 Å². The van der Waals surface area contributed by atoms with Gasteiger partial charge in [0.1, 0.15) is 18.3 Å². The molecule has 216 valence electrons. The average Bonchev–Trinajstić information content (AvgIpc) is 3.27. The zero-order valence-electron chi connectivity index (χ0n) is 24.3. The molecular weight excluding hydrogens is 492 g/mol. The second-order valence-electron chi connectivity index (χ2n) is 13.1. The molecule has 2 bridgehead atoms. The van der Waals surface area contributed by atoms with Crippen LogP contribution < -0.4 is 0 Å². The van der Waals surface area contributed by atoms with Crippen LogP contribution in [0.15, 0.2) is 36.5 Å². The van der Waals surface area contributed by atoms with Gasteiger partial charge in [0.25, 0.3) is 0 Å². The van der Waals surface area contributed by atoms with E-state index in [-0.39, 0.29) is 53.0 Å². The maximum absolute atomic E-state index is 13.1. The van der Waals surface area contributed by atoms with E-state index in [0.29, 0.717) is 23.5 Å². The van der Waals surface area contributed by atoms with E-state index in [1.807, 2.05) is 6.08 Å². The highest BCUT2D eigenvalue weighted by molar-refractivity contribution is 5.88. The molecule has 4 aliphatic carbocycles. The predicted molar refractivity (Wildman–Crippen MR) is 151 cm³/mol. The molecule has 0 aromatic carbocycles. The van der Waals surface area contributed by atoms with Gasteiger partial charge in [-0.05, 0) is 95.3 Å². The summed E-state index contributed by atoms with van der Waals surface area (Å²) in [7, 11) is 0. The molecular formula is C33H48O6. The van der Waals surface area contributed by atoms with E-state index >= 15 is 0 Å². The van der Waals surface area contributed by atoms with Crippen molar-refractivity contribution in [1.82, 2.24) is 0 Å². The van der Waals surface area contributed by atoms with Gasteiger partial charge in [-0.15, -0.1) is 0 Å². The van der Waals surface area contributed by atoms with Crippen LogP contribution in [0.2, 0.25) is 0 Å². The molecule has 0 N–H and O–H groups in total. The summed E-state index contributed by atoms with van der Waals surface area (Å²) in [6.07, 6.45) is 16.3. The highest BCUT2D eigenvalue weighted by Gasteiger charge is 2.65. The number of fused-ring (bicyclic) bond motifs is 2. The van der Waals surface area contributed by atoms with E-state index in [9.17, 15) is 14.4 Å². The van der Waals surface area contributed by atoms with Gasteiger partial charge in [0.05, 0.1) is 0 Å². The molecule has 5 unspecified atom stereocenters. The first-order chi connectivity index (χ1) is 18.5. The van der Waals surface area contributed by atoms with Crippen molar-refractivity contribution in [2.75, 3.05) is 0 Å². The van der Waals surface area contributed by atoms with Gasteiger partial charge in [-0.25, -0.2) is 14.4 Å². The van der Waals surface area contributed by atoms with E-state index in [2.05, 4.69) is 27.0 Å². The molecule has 4 aliphatic rings. The maximum atomic E-state index is 13.1. The second kappa shape index (κ2) is 12.4. The number of esters is 3. The fourth-order valence-electron chi connectivity index (χ4n) is 7.77. The highest BCUT2D eigenvalue weighted by atomic mass is 16.6. The molecule has 4 fully saturated rings. The average molecular weight is 541 g/mol. The molecule has 6 nitrogen and oxygen atoms in total. The topological polar surface area (TPSA) is 78.9 Å². The van der Waals surface area contributed by atoms with E-state index in [1.54, 1.807) is 6.92 Å². The van der Waals surface area contributed by atoms with Gasteiger partial charge >= 0.3 is 17.9 Å². The van der Waals surface area contributed by atoms with Gasteiger partial charge in [0.2, 0.25) is 0 Å². The molecule has 0 amide bonds. The lowest BCUT2D eigenvalue weighted by Gasteiger charge is -2.42. The smallest absolute Gasteiger partial charge is 0.333 e. The largest absolute Gasteiger partial charge is 0.459 e. The normalized spacial score (nSPS) is 32.1. The van der Waals surface area contributed by atoms with Crippen molar-refractivity contribution >= 4 is 17.9 Å². The van der Waals surface area contributed by atoms with E-state index in [1.165, 1.54) is 12.5 Å². The summed E-state index contributed by atoms with van der Waals surface area (Å²) >= 11 is 0. The van der Waals surface area contributed by atoms with E-state index in [0.717, 1.165) is 77.0 Å². The van der Waals surface area contributed by atoms with Gasteiger partial charge in [-0.2, -0.15) is 0 Å². The van der Waals surface area contributed by atoms with Crippen molar-refractivity contribution in [2.24, 2.45) is 22.7 Å². The van der Waals surface area contributed by atoms with Crippen molar-refractivity contribution in [3.8, 4) is 0 Å². The summed E-state index contributed by atoms with van der Waals surface area (Å²) in [6.45, 7) is 14.1. The van der Waals surface area contributed by atoms with Crippen LogP contribution in [0.1, 0.15) is 111 Å². The molecule has 0 aromatic rings. The molecule has 5 atom stereocenters. The quantitative estimate of drug-likeness (QED) is 0.166. The van der Waals surface area contributed by atoms with Gasteiger partial charge in [0.15, 0.2) is 0 Å². The number of carbonyl (C=O) groups excluding carboxylic acids is 3. The molecule has 0 heterocycles. The summed E-state index contributed by atoms with van der Waals surface area (Å²) in [6, 6.07) is 0. The van der Waals surface area contributed by atoms with Crippen molar-refractivity contribution in [2.45, 2.75) is 129 Å². The summed E-state index contributed by atoms with van der Waals surface area (Å²) in [5.74, 6) is -0.483. The third-order valence-electron chi connectivity index (χ3n) is 10.4. The van der Waals surface area contributed by atoms with Crippen molar-refractivity contribution in [3.05, 3.63) is 36.5 Å². The van der Waals surface area contributed by atoms with Crippen molar-refractivity contribution < 1.29 is 28.6 Å². The van der Waals surface area contributed by atoms with Crippen LogP contribution in [0.4, 0.5) is 0 Å². The zero-order valence-corrected chi connectivity index (χ0v) is 24.3. The molecule has 0 aliphatic heterocycles. The molecule has 0 radical (unpaired) electrons. The summed E-state index contributed by atoms with van der Waals surface area (Å²) in [5.41, 5.74) is 0.714. The number of carbonyl (C=O) groups is 3. The number of rotatable bonds is 10. The lowest BCUT2D eigenvalue weighted by molar-refractivity contribution is -0.154. The third-order valence-corrected chi connectivity index (χ3v) is 10.4. The fourth-order valence-corrected chi connectivity index (χ4v) is 7.77. The standard InChI is InChI=1S/C33H48O6/c1-22(2)30(35)39-28-21-25-18-20-33(28,32(25,4)5)19-17-23(3)31(36)38-27-14-10-9-11-24(27)15-16-29(34)37-26-12-7-6-8-13-26/h15-16,24-28H,1,3,6-14,17-21H2,2,4-5H3/b16-15+.